The zero-order valence-electron chi connectivity index (χ0n) is 25.5. The molecule has 0 bridgehead atoms. The third-order valence-corrected chi connectivity index (χ3v) is 7.94. The molecule has 1 amide bonds. The van der Waals surface area contributed by atoms with Crippen molar-refractivity contribution in [2.75, 3.05) is 11.9 Å². The summed E-state index contributed by atoms with van der Waals surface area (Å²) in [5.74, 6) is -2.54. The molecule has 0 saturated carbocycles. The number of fused-ring (bicyclic) bond motifs is 2. The number of nitrogens with zero attached hydrogens (tertiary/aromatic N) is 3. The van der Waals surface area contributed by atoms with Crippen molar-refractivity contribution in [2.45, 2.75) is 46.6 Å². The Morgan fingerprint density at radius 1 is 1.07 bits per heavy atom. The van der Waals surface area contributed by atoms with Gasteiger partial charge in [-0.05, 0) is 76.1 Å². The molecule has 3 aromatic heterocycles. The first-order chi connectivity index (χ1) is 20.8. The second kappa shape index (κ2) is 12.0. The van der Waals surface area contributed by atoms with E-state index in [1.807, 2.05) is 52.3 Å². The molecule has 0 fully saturated rings. The number of aryl methyl sites for hydroxylation is 3. The average Bonchev–Trinajstić information content (AvgIpc) is 3.53. The van der Waals surface area contributed by atoms with Crippen molar-refractivity contribution >= 4 is 45.5 Å². The Labute approximate surface area is 259 Å². The summed E-state index contributed by atoms with van der Waals surface area (Å²) in [5, 5.41) is 5.92. The molecule has 2 aromatic carbocycles. The average molecular weight is 618 g/mol. The van der Waals surface area contributed by atoms with Crippen LogP contribution in [0.5, 0.6) is 0 Å². The van der Waals surface area contributed by atoms with Gasteiger partial charge in [0.25, 0.3) is 0 Å². The maximum absolute atomic E-state index is 15.0. The van der Waals surface area contributed by atoms with E-state index in [9.17, 15) is 9.59 Å². The lowest BCUT2D eigenvalue weighted by atomic mass is 9.96. The molecule has 0 aliphatic heterocycles. The van der Waals surface area contributed by atoms with E-state index in [2.05, 4.69) is 21.7 Å². The second-order valence-electron chi connectivity index (χ2n) is 11.7. The lowest BCUT2D eigenvalue weighted by molar-refractivity contribution is -0.112. The molecule has 0 unspecified atom stereocenters. The number of carbonyl (C=O) groups excluding carboxylic acids is 2. The zero-order chi connectivity index (χ0) is 31.9. The Balaban J connectivity index is 1.47. The molecule has 228 valence electrons. The van der Waals surface area contributed by atoms with E-state index in [0.29, 0.717) is 29.0 Å². The van der Waals surface area contributed by atoms with Crippen molar-refractivity contribution in [2.24, 2.45) is 7.05 Å². The van der Waals surface area contributed by atoms with Gasteiger partial charge in [0.1, 0.15) is 28.7 Å². The molecular weight excluding hydrogens is 584 g/mol. The highest BCUT2D eigenvalue weighted by Gasteiger charge is 2.23. The van der Waals surface area contributed by atoms with Gasteiger partial charge in [-0.2, -0.15) is 0 Å². The van der Waals surface area contributed by atoms with Crippen LogP contribution in [0.25, 0.3) is 27.7 Å². The van der Waals surface area contributed by atoms with Gasteiger partial charge in [-0.3, -0.25) is 9.59 Å². The van der Waals surface area contributed by atoms with Gasteiger partial charge in [0.15, 0.2) is 0 Å². The lowest BCUT2D eigenvalue weighted by Crippen LogP contribution is -2.35. The molecule has 2 N–H and O–H groups in total. The van der Waals surface area contributed by atoms with Gasteiger partial charge in [-0.15, -0.1) is 0 Å². The van der Waals surface area contributed by atoms with Crippen LogP contribution in [0.1, 0.15) is 55.1 Å². The number of rotatable bonds is 8. The summed E-state index contributed by atoms with van der Waals surface area (Å²) in [6.07, 6.45) is 5.20. The normalized spacial score (nSPS) is 12.1. The minimum absolute atomic E-state index is 0.146. The molecule has 0 aliphatic rings. The van der Waals surface area contributed by atoms with Gasteiger partial charge in [-0.1, -0.05) is 30.7 Å². The van der Waals surface area contributed by atoms with Crippen LogP contribution in [0.4, 0.5) is 14.5 Å². The number of carbonyl (C=O) groups is 2. The maximum atomic E-state index is 15.0. The largest absolute Gasteiger partial charge is 0.331 e. The van der Waals surface area contributed by atoms with Crippen LogP contribution in [0, 0.1) is 18.6 Å². The van der Waals surface area contributed by atoms with Crippen molar-refractivity contribution in [3.8, 4) is 11.1 Å². The summed E-state index contributed by atoms with van der Waals surface area (Å²) >= 11 is 6.98. The third-order valence-electron chi connectivity index (χ3n) is 7.57. The number of hydrogen-bond donors (Lipinski definition) is 2. The molecule has 0 radical (unpaired) electrons. The van der Waals surface area contributed by atoms with Crippen LogP contribution in [0.15, 0.2) is 60.8 Å². The zero-order valence-corrected chi connectivity index (χ0v) is 26.2. The number of aromatic nitrogens is 3. The first kappa shape index (κ1) is 31.1. The van der Waals surface area contributed by atoms with Gasteiger partial charge in [-0.25, -0.2) is 13.8 Å². The molecule has 0 atom stereocenters. The van der Waals surface area contributed by atoms with E-state index in [0.717, 1.165) is 40.2 Å². The molecule has 10 heteroatoms. The molecule has 5 rings (SSSR count). The predicted octanol–water partition coefficient (Wildman–Crippen LogP) is 7.41. The Kier molecular flexibility index (Phi) is 8.46. The SMILES string of the molecule is CCc1cc2c(nc(C)n2C)c(Cl)c1-c1cccn2c(C(=O)c3cc(F)c(NC(=O)/C=C/CNC(C)(C)C)c(F)c3)ccc12. The van der Waals surface area contributed by atoms with Gasteiger partial charge >= 0.3 is 0 Å². The Bertz CT molecular complexity index is 1940. The molecule has 7 nitrogen and oxygen atoms in total. The standard InChI is InChI=1S/C34H34ClF2N5O2/c1-7-20-18-27-32(39-19(2)41(27)6)30(35)29(20)22-10-9-15-42-25(22)12-13-26(42)33(44)21-16-23(36)31(24(37)17-21)40-28(43)11-8-14-38-34(3,4)5/h8-13,15-18,38H,7,14H2,1-6H3,(H,40,43)/b11-8+. The van der Waals surface area contributed by atoms with E-state index in [-0.39, 0.29) is 16.8 Å². The monoisotopic (exact) mass is 617 g/mol. The third kappa shape index (κ3) is 5.89. The first-order valence-corrected chi connectivity index (χ1v) is 14.7. The number of ketones is 1. The smallest absolute Gasteiger partial charge is 0.248 e. The molecule has 0 spiro atoms. The van der Waals surface area contributed by atoms with Gasteiger partial charge in [0.05, 0.1) is 21.7 Å². The van der Waals surface area contributed by atoms with Crippen molar-refractivity contribution < 1.29 is 18.4 Å². The molecule has 44 heavy (non-hydrogen) atoms. The van der Waals surface area contributed by atoms with Crippen molar-refractivity contribution in [1.29, 1.82) is 0 Å². The number of hydrogen-bond acceptors (Lipinski definition) is 4. The van der Waals surface area contributed by atoms with Crippen molar-refractivity contribution in [1.82, 2.24) is 19.3 Å². The van der Waals surface area contributed by atoms with Gasteiger partial charge in [0, 0.05) is 48.1 Å². The summed E-state index contributed by atoms with van der Waals surface area (Å²) < 4.78 is 33.7. The fraction of sp³-hybridized carbons (Fsp3) is 0.265. The number of anilines is 1. The van der Waals surface area contributed by atoms with Crippen LogP contribution in [-0.4, -0.2) is 37.7 Å². The van der Waals surface area contributed by atoms with Crippen LogP contribution >= 0.6 is 11.6 Å². The summed E-state index contributed by atoms with van der Waals surface area (Å²) in [6, 6.07) is 11.1. The highest BCUT2D eigenvalue weighted by molar-refractivity contribution is 6.38. The topological polar surface area (TPSA) is 80.4 Å². The highest BCUT2D eigenvalue weighted by Crippen LogP contribution is 2.40. The maximum Gasteiger partial charge on any atom is 0.248 e. The molecule has 3 heterocycles. The number of nitrogens with one attached hydrogen (secondary N) is 2. The summed E-state index contributed by atoms with van der Waals surface area (Å²) in [4.78, 5) is 30.5. The number of amides is 1. The van der Waals surface area contributed by atoms with Crippen molar-refractivity contribution in [3.63, 3.8) is 0 Å². The van der Waals surface area contributed by atoms with E-state index in [4.69, 9.17) is 11.6 Å². The minimum atomic E-state index is -1.05. The van der Waals surface area contributed by atoms with Crippen molar-refractivity contribution in [3.05, 3.63) is 100 Å². The molecule has 0 aliphatic carbocycles. The van der Waals surface area contributed by atoms with E-state index < -0.39 is 29.0 Å². The Morgan fingerprint density at radius 2 is 1.77 bits per heavy atom. The van der Waals surface area contributed by atoms with E-state index in [1.54, 1.807) is 34.9 Å². The Hall–Kier alpha value is -4.34. The van der Waals surface area contributed by atoms with Crippen LogP contribution in [-0.2, 0) is 18.3 Å². The van der Waals surface area contributed by atoms with Gasteiger partial charge in [0.2, 0.25) is 11.7 Å². The quantitative estimate of drug-likeness (QED) is 0.140. The predicted molar refractivity (Wildman–Crippen MR) is 172 cm³/mol. The van der Waals surface area contributed by atoms with Crippen LogP contribution in [0.2, 0.25) is 5.02 Å². The number of imidazole rings is 1. The minimum Gasteiger partial charge on any atom is -0.331 e. The second-order valence-corrected chi connectivity index (χ2v) is 12.1. The number of halogens is 3. The summed E-state index contributed by atoms with van der Waals surface area (Å²) in [7, 11) is 1.95. The van der Waals surface area contributed by atoms with Gasteiger partial charge < -0.3 is 19.6 Å². The van der Waals surface area contributed by atoms with Crippen LogP contribution in [0.3, 0.4) is 0 Å². The molecule has 0 saturated heterocycles. The summed E-state index contributed by atoms with van der Waals surface area (Å²) in [6.45, 7) is 10.3. The highest BCUT2D eigenvalue weighted by atomic mass is 35.5. The lowest BCUT2D eigenvalue weighted by Gasteiger charge is -2.18. The fourth-order valence-corrected chi connectivity index (χ4v) is 5.59. The Morgan fingerprint density at radius 3 is 2.43 bits per heavy atom. The summed E-state index contributed by atoms with van der Waals surface area (Å²) in [5.41, 5.74) is 4.25. The fourth-order valence-electron chi connectivity index (χ4n) is 5.22. The number of pyridine rings is 1. The molecule has 5 aromatic rings. The molecular formula is C34H34ClF2N5O2. The van der Waals surface area contributed by atoms with E-state index >= 15 is 8.78 Å². The van der Waals surface area contributed by atoms with E-state index in [1.165, 1.54) is 6.08 Å². The van der Waals surface area contributed by atoms with Crippen LogP contribution < -0.4 is 10.6 Å². The number of benzene rings is 2. The first-order valence-electron chi connectivity index (χ1n) is 14.3.